The van der Waals surface area contributed by atoms with E-state index in [0.29, 0.717) is 6.61 Å². The lowest BCUT2D eigenvalue weighted by Gasteiger charge is -2.26. The van der Waals surface area contributed by atoms with Crippen molar-refractivity contribution < 1.29 is 4.74 Å². The van der Waals surface area contributed by atoms with E-state index in [1.54, 1.807) is 6.20 Å². The molecule has 1 aromatic heterocycles. The van der Waals surface area contributed by atoms with E-state index in [4.69, 9.17) is 4.74 Å². The van der Waals surface area contributed by atoms with Crippen molar-refractivity contribution in [1.82, 2.24) is 4.98 Å². The Labute approximate surface area is 172 Å². The number of anilines is 3. The first-order chi connectivity index (χ1) is 14.2. The van der Waals surface area contributed by atoms with Gasteiger partial charge in [-0.1, -0.05) is 42.5 Å². The summed E-state index contributed by atoms with van der Waals surface area (Å²) in [5.74, 6) is 0.838. The smallest absolute Gasteiger partial charge is 0.121 e. The van der Waals surface area contributed by atoms with Crippen LogP contribution in [-0.4, -0.2) is 4.98 Å². The zero-order valence-electron chi connectivity index (χ0n) is 16.7. The number of benzene rings is 3. The van der Waals surface area contributed by atoms with Crippen molar-refractivity contribution >= 4 is 17.1 Å². The molecule has 0 aliphatic heterocycles. The Morgan fingerprint density at radius 3 is 2.21 bits per heavy atom. The summed E-state index contributed by atoms with van der Waals surface area (Å²) in [6, 6.07) is 29.0. The molecule has 0 saturated carbocycles. The van der Waals surface area contributed by atoms with Gasteiger partial charge in [-0.2, -0.15) is 0 Å². The maximum absolute atomic E-state index is 6.06. The van der Waals surface area contributed by atoms with E-state index >= 15 is 0 Å². The third-order valence-electron chi connectivity index (χ3n) is 4.69. The molecule has 29 heavy (non-hydrogen) atoms. The van der Waals surface area contributed by atoms with E-state index < -0.39 is 0 Å². The molecule has 0 N–H and O–H groups in total. The minimum atomic E-state index is 0.542. The lowest BCUT2D eigenvalue weighted by molar-refractivity contribution is 0.306. The number of hydrogen-bond donors (Lipinski definition) is 0. The first kappa shape index (κ1) is 18.8. The maximum Gasteiger partial charge on any atom is 0.121 e. The topological polar surface area (TPSA) is 25.4 Å². The summed E-state index contributed by atoms with van der Waals surface area (Å²) in [6.07, 6.45) is 3.68. The molecule has 3 heteroatoms. The Hall–Kier alpha value is -3.59. The molecule has 3 nitrogen and oxygen atoms in total. The lowest BCUT2D eigenvalue weighted by atomic mass is 10.1. The van der Waals surface area contributed by atoms with E-state index in [2.05, 4.69) is 72.3 Å². The number of nitrogens with zero attached hydrogens (tertiary/aromatic N) is 2. The second-order valence-electron chi connectivity index (χ2n) is 7.16. The highest BCUT2D eigenvalue weighted by molar-refractivity contribution is 5.77. The van der Waals surface area contributed by atoms with Gasteiger partial charge in [0.05, 0.1) is 11.9 Å². The summed E-state index contributed by atoms with van der Waals surface area (Å²) < 4.78 is 6.06. The van der Waals surface area contributed by atoms with Gasteiger partial charge in [0.1, 0.15) is 12.4 Å². The van der Waals surface area contributed by atoms with E-state index in [0.717, 1.165) is 28.4 Å². The second-order valence-corrected chi connectivity index (χ2v) is 7.16. The first-order valence-corrected chi connectivity index (χ1v) is 9.74. The van der Waals surface area contributed by atoms with Gasteiger partial charge in [0.25, 0.3) is 0 Å². The van der Waals surface area contributed by atoms with Crippen LogP contribution < -0.4 is 9.64 Å². The molecule has 3 aromatic carbocycles. The monoisotopic (exact) mass is 380 g/mol. The molecule has 0 unspecified atom stereocenters. The van der Waals surface area contributed by atoms with Crippen LogP contribution in [0.4, 0.5) is 17.1 Å². The molecule has 0 aliphatic rings. The van der Waals surface area contributed by atoms with Crippen LogP contribution in [0.5, 0.6) is 5.75 Å². The van der Waals surface area contributed by atoms with Gasteiger partial charge in [-0.25, -0.2) is 0 Å². The third kappa shape index (κ3) is 4.64. The Morgan fingerprint density at radius 1 is 0.724 bits per heavy atom. The average molecular weight is 380 g/mol. The fraction of sp³-hybridized carbons (Fsp3) is 0.115. The highest BCUT2D eigenvalue weighted by atomic mass is 16.5. The van der Waals surface area contributed by atoms with E-state index in [-0.39, 0.29) is 0 Å². The van der Waals surface area contributed by atoms with Gasteiger partial charge >= 0.3 is 0 Å². The zero-order chi connectivity index (χ0) is 20.1. The molecule has 0 atom stereocenters. The summed E-state index contributed by atoms with van der Waals surface area (Å²) in [5.41, 5.74) is 6.76. The van der Waals surface area contributed by atoms with Gasteiger partial charge in [-0.3, -0.25) is 4.98 Å². The van der Waals surface area contributed by atoms with Gasteiger partial charge in [0.15, 0.2) is 0 Å². The molecule has 0 saturated heterocycles. The van der Waals surface area contributed by atoms with Crippen molar-refractivity contribution in [3.63, 3.8) is 0 Å². The van der Waals surface area contributed by atoms with Crippen molar-refractivity contribution in [2.24, 2.45) is 0 Å². The van der Waals surface area contributed by atoms with Crippen LogP contribution in [0.25, 0.3) is 0 Å². The highest BCUT2D eigenvalue weighted by Gasteiger charge is 2.14. The number of hydrogen-bond acceptors (Lipinski definition) is 3. The van der Waals surface area contributed by atoms with Gasteiger partial charge in [-0.15, -0.1) is 0 Å². The fourth-order valence-corrected chi connectivity index (χ4v) is 3.47. The summed E-state index contributed by atoms with van der Waals surface area (Å²) in [6.45, 7) is 4.79. The first-order valence-electron chi connectivity index (χ1n) is 9.74. The standard InChI is InChI=1S/C26H24N2O/c1-20-14-21(2)16-25(15-20)28(24-11-7-13-27-18-24)23-10-6-12-26(17-23)29-19-22-8-4-3-5-9-22/h3-18H,19H2,1-2H3. The maximum atomic E-state index is 6.06. The molecule has 0 amide bonds. The van der Waals surface area contributed by atoms with E-state index in [1.165, 1.54) is 11.1 Å². The molecular formula is C26H24N2O. The molecule has 0 spiro atoms. The molecule has 1 heterocycles. The lowest BCUT2D eigenvalue weighted by Crippen LogP contribution is -2.11. The van der Waals surface area contributed by atoms with E-state index in [1.807, 2.05) is 42.6 Å². The average Bonchev–Trinajstić information content (AvgIpc) is 2.74. The molecule has 0 fully saturated rings. The fourth-order valence-electron chi connectivity index (χ4n) is 3.47. The summed E-state index contributed by atoms with van der Waals surface area (Å²) in [5, 5.41) is 0. The Morgan fingerprint density at radius 2 is 1.48 bits per heavy atom. The Bertz CT molecular complexity index is 1060. The summed E-state index contributed by atoms with van der Waals surface area (Å²) >= 11 is 0. The number of ether oxygens (including phenoxy) is 1. The van der Waals surface area contributed by atoms with Gasteiger partial charge in [0.2, 0.25) is 0 Å². The van der Waals surface area contributed by atoms with Crippen molar-refractivity contribution in [2.45, 2.75) is 20.5 Å². The molecule has 4 aromatic rings. The minimum Gasteiger partial charge on any atom is -0.489 e. The number of rotatable bonds is 6. The van der Waals surface area contributed by atoms with Crippen LogP contribution in [0.15, 0.2) is 97.3 Å². The summed E-state index contributed by atoms with van der Waals surface area (Å²) in [7, 11) is 0. The molecule has 144 valence electrons. The van der Waals surface area contributed by atoms with Crippen molar-refractivity contribution in [3.8, 4) is 5.75 Å². The van der Waals surface area contributed by atoms with Gasteiger partial charge in [0, 0.05) is 23.6 Å². The minimum absolute atomic E-state index is 0.542. The summed E-state index contributed by atoms with van der Waals surface area (Å²) in [4.78, 5) is 6.54. The highest BCUT2D eigenvalue weighted by Crippen LogP contribution is 2.36. The second kappa shape index (κ2) is 8.61. The van der Waals surface area contributed by atoms with Crippen molar-refractivity contribution in [2.75, 3.05) is 4.90 Å². The van der Waals surface area contributed by atoms with Crippen LogP contribution in [0, 0.1) is 13.8 Å². The van der Waals surface area contributed by atoms with E-state index in [9.17, 15) is 0 Å². The third-order valence-corrected chi connectivity index (χ3v) is 4.69. The molecule has 0 aliphatic carbocycles. The number of aryl methyl sites for hydroxylation is 2. The van der Waals surface area contributed by atoms with Gasteiger partial charge in [-0.05, 0) is 66.9 Å². The number of aromatic nitrogens is 1. The largest absolute Gasteiger partial charge is 0.489 e. The normalized spacial score (nSPS) is 10.6. The predicted octanol–water partition coefficient (Wildman–Crippen LogP) is 6.75. The Kier molecular flexibility index (Phi) is 5.57. The molecule has 4 rings (SSSR count). The zero-order valence-corrected chi connectivity index (χ0v) is 16.7. The molecule has 0 radical (unpaired) electrons. The molecule has 0 bridgehead atoms. The quantitative estimate of drug-likeness (QED) is 0.370. The number of pyridine rings is 1. The van der Waals surface area contributed by atoms with Crippen LogP contribution in [0.3, 0.4) is 0 Å². The molecular weight excluding hydrogens is 356 g/mol. The van der Waals surface area contributed by atoms with Crippen LogP contribution in [0.2, 0.25) is 0 Å². The predicted molar refractivity (Wildman–Crippen MR) is 119 cm³/mol. The van der Waals surface area contributed by atoms with Crippen LogP contribution in [-0.2, 0) is 6.61 Å². The van der Waals surface area contributed by atoms with Crippen molar-refractivity contribution in [3.05, 3.63) is 114 Å². The SMILES string of the molecule is Cc1cc(C)cc(N(c2cccnc2)c2cccc(OCc3ccccc3)c2)c1. The van der Waals surface area contributed by atoms with Crippen LogP contribution in [0.1, 0.15) is 16.7 Å². The van der Waals surface area contributed by atoms with Crippen LogP contribution >= 0.6 is 0 Å². The Balaban J connectivity index is 1.69. The van der Waals surface area contributed by atoms with Gasteiger partial charge < -0.3 is 9.64 Å². The van der Waals surface area contributed by atoms with Crippen molar-refractivity contribution in [1.29, 1.82) is 0 Å².